The second-order valence-corrected chi connectivity index (χ2v) is 5.51. The lowest BCUT2D eigenvalue weighted by atomic mass is 9.86. The smallest absolute Gasteiger partial charge is 0.164 e. The summed E-state index contributed by atoms with van der Waals surface area (Å²) in [5.74, 6) is 2.25. The third-order valence-electron chi connectivity index (χ3n) is 3.66. The molecule has 1 aliphatic rings. The third kappa shape index (κ3) is 2.50. The Morgan fingerprint density at radius 1 is 1.22 bits per heavy atom. The molecule has 0 atom stereocenters. The third-order valence-corrected chi connectivity index (χ3v) is 4.48. The zero-order valence-corrected chi connectivity index (χ0v) is 12.8. The van der Waals surface area contributed by atoms with Crippen LogP contribution in [0.15, 0.2) is 10.5 Å². The van der Waals surface area contributed by atoms with Crippen molar-refractivity contribution in [3.05, 3.63) is 21.7 Å². The maximum absolute atomic E-state index is 5.59. The lowest BCUT2D eigenvalue weighted by Gasteiger charge is -2.27. The van der Waals surface area contributed by atoms with Gasteiger partial charge in [0.2, 0.25) is 0 Å². The first kappa shape index (κ1) is 13.7. The van der Waals surface area contributed by atoms with Gasteiger partial charge in [0.1, 0.15) is 0 Å². The van der Waals surface area contributed by atoms with E-state index in [1.807, 2.05) is 6.07 Å². The predicted octanol–water partition coefficient (Wildman–Crippen LogP) is 3.24. The Labute approximate surface area is 117 Å². The Bertz CT molecular complexity index is 428. The molecule has 0 amide bonds. The molecule has 0 aromatic heterocycles. The van der Waals surface area contributed by atoms with Crippen LogP contribution < -0.4 is 14.8 Å². The summed E-state index contributed by atoms with van der Waals surface area (Å²) in [7, 11) is 3.40. The lowest BCUT2D eigenvalue weighted by molar-refractivity contribution is 0.343. The van der Waals surface area contributed by atoms with Crippen LogP contribution in [0.25, 0.3) is 0 Å². The molecule has 18 heavy (non-hydrogen) atoms. The van der Waals surface area contributed by atoms with E-state index in [0.717, 1.165) is 41.9 Å². The highest BCUT2D eigenvalue weighted by Crippen LogP contribution is 2.44. The molecule has 0 unspecified atom stereocenters. The number of ether oxygens (including phenoxy) is 2. The molecule has 1 aliphatic heterocycles. The average Bonchev–Trinajstić information content (AvgIpc) is 2.42. The van der Waals surface area contributed by atoms with Gasteiger partial charge >= 0.3 is 0 Å². The Kier molecular flexibility index (Phi) is 4.51. The maximum Gasteiger partial charge on any atom is 0.164 e. The molecule has 1 heterocycles. The van der Waals surface area contributed by atoms with E-state index in [0.29, 0.717) is 5.92 Å². The highest BCUT2D eigenvalue weighted by atomic mass is 79.9. The quantitative estimate of drug-likeness (QED) is 0.929. The summed E-state index contributed by atoms with van der Waals surface area (Å²) >= 11 is 3.62. The standard InChI is InChI=1S/C14H20BrNO2/c1-9-11(15)8-12(17-2)14(18-3)13(9)10-4-6-16-7-5-10/h8,10,16H,4-7H2,1-3H3. The van der Waals surface area contributed by atoms with Crippen molar-refractivity contribution in [2.45, 2.75) is 25.7 Å². The van der Waals surface area contributed by atoms with E-state index in [9.17, 15) is 0 Å². The van der Waals surface area contributed by atoms with Crippen molar-refractivity contribution in [3.63, 3.8) is 0 Å². The van der Waals surface area contributed by atoms with Gasteiger partial charge in [-0.25, -0.2) is 0 Å². The van der Waals surface area contributed by atoms with E-state index >= 15 is 0 Å². The summed E-state index contributed by atoms with van der Waals surface area (Å²) in [6, 6.07) is 1.98. The average molecular weight is 314 g/mol. The van der Waals surface area contributed by atoms with Crippen LogP contribution in [0.4, 0.5) is 0 Å². The largest absolute Gasteiger partial charge is 0.493 e. The number of hydrogen-bond donors (Lipinski definition) is 1. The van der Waals surface area contributed by atoms with Gasteiger partial charge in [-0.3, -0.25) is 0 Å². The molecule has 0 saturated carbocycles. The number of halogens is 1. The molecule has 1 aromatic rings. The zero-order chi connectivity index (χ0) is 13.1. The number of nitrogens with one attached hydrogen (secondary N) is 1. The topological polar surface area (TPSA) is 30.5 Å². The number of piperidine rings is 1. The van der Waals surface area contributed by atoms with Crippen molar-refractivity contribution in [1.29, 1.82) is 0 Å². The summed E-state index contributed by atoms with van der Waals surface area (Å²) in [4.78, 5) is 0. The fourth-order valence-corrected chi connectivity index (χ4v) is 3.11. The van der Waals surface area contributed by atoms with Crippen LogP contribution in [0, 0.1) is 6.92 Å². The molecule has 1 saturated heterocycles. The first-order chi connectivity index (χ1) is 8.69. The van der Waals surface area contributed by atoms with E-state index < -0.39 is 0 Å². The zero-order valence-electron chi connectivity index (χ0n) is 11.2. The minimum Gasteiger partial charge on any atom is -0.493 e. The molecule has 0 bridgehead atoms. The van der Waals surface area contributed by atoms with E-state index in [-0.39, 0.29) is 0 Å². The number of methoxy groups -OCH3 is 2. The van der Waals surface area contributed by atoms with Crippen LogP contribution in [-0.2, 0) is 0 Å². The molecule has 4 heteroatoms. The van der Waals surface area contributed by atoms with Gasteiger partial charge in [-0.15, -0.1) is 0 Å². The van der Waals surface area contributed by atoms with Crippen LogP contribution in [0.2, 0.25) is 0 Å². The highest BCUT2D eigenvalue weighted by Gasteiger charge is 2.24. The minimum atomic E-state index is 0.549. The van der Waals surface area contributed by atoms with Gasteiger partial charge in [-0.2, -0.15) is 0 Å². The van der Waals surface area contributed by atoms with Crippen LogP contribution in [0.1, 0.15) is 29.9 Å². The van der Waals surface area contributed by atoms with Crippen LogP contribution in [0.5, 0.6) is 11.5 Å². The van der Waals surface area contributed by atoms with Gasteiger partial charge in [0, 0.05) is 10.0 Å². The molecule has 100 valence electrons. The van der Waals surface area contributed by atoms with Crippen molar-refractivity contribution >= 4 is 15.9 Å². The molecule has 0 spiro atoms. The van der Waals surface area contributed by atoms with Crippen molar-refractivity contribution in [1.82, 2.24) is 5.32 Å². The Balaban J connectivity index is 2.51. The van der Waals surface area contributed by atoms with Gasteiger partial charge in [0.25, 0.3) is 0 Å². The van der Waals surface area contributed by atoms with Crippen LogP contribution in [-0.4, -0.2) is 27.3 Å². The summed E-state index contributed by atoms with van der Waals surface area (Å²) in [5, 5.41) is 3.40. The van der Waals surface area contributed by atoms with Crippen LogP contribution >= 0.6 is 15.9 Å². The molecule has 1 N–H and O–H groups in total. The molecule has 1 aromatic carbocycles. The molecule has 2 rings (SSSR count). The fraction of sp³-hybridized carbons (Fsp3) is 0.571. The lowest BCUT2D eigenvalue weighted by Crippen LogP contribution is -2.27. The van der Waals surface area contributed by atoms with Crippen molar-refractivity contribution in [3.8, 4) is 11.5 Å². The summed E-state index contributed by atoms with van der Waals surface area (Å²) in [6.07, 6.45) is 2.30. The molecule has 0 radical (unpaired) electrons. The van der Waals surface area contributed by atoms with Gasteiger partial charge in [0.15, 0.2) is 11.5 Å². The SMILES string of the molecule is COc1cc(Br)c(C)c(C2CCNCC2)c1OC. The molecular formula is C14H20BrNO2. The summed E-state index contributed by atoms with van der Waals surface area (Å²) in [5.41, 5.74) is 2.56. The fourth-order valence-electron chi connectivity index (χ4n) is 2.68. The molecular weight excluding hydrogens is 294 g/mol. The predicted molar refractivity (Wildman–Crippen MR) is 76.8 cm³/mol. The Morgan fingerprint density at radius 3 is 2.44 bits per heavy atom. The van der Waals surface area contributed by atoms with E-state index in [1.54, 1.807) is 14.2 Å². The molecule has 3 nitrogen and oxygen atoms in total. The van der Waals surface area contributed by atoms with Gasteiger partial charge in [-0.05, 0) is 50.4 Å². The normalized spacial score (nSPS) is 16.7. The number of rotatable bonds is 3. The molecule has 0 aliphatic carbocycles. The van der Waals surface area contributed by atoms with E-state index in [1.165, 1.54) is 11.1 Å². The Hall–Kier alpha value is -0.740. The van der Waals surface area contributed by atoms with Crippen LogP contribution in [0.3, 0.4) is 0 Å². The van der Waals surface area contributed by atoms with Crippen molar-refractivity contribution in [2.75, 3.05) is 27.3 Å². The minimum absolute atomic E-state index is 0.549. The number of benzene rings is 1. The van der Waals surface area contributed by atoms with Gasteiger partial charge in [-0.1, -0.05) is 15.9 Å². The number of hydrogen-bond acceptors (Lipinski definition) is 3. The Morgan fingerprint density at radius 2 is 1.89 bits per heavy atom. The summed E-state index contributed by atoms with van der Waals surface area (Å²) < 4.78 is 12.1. The second kappa shape index (κ2) is 5.93. The van der Waals surface area contributed by atoms with Crippen molar-refractivity contribution in [2.24, 2.45) is 0 Å². The van der Waals surface area contributed by atoms with E-state index in [4.69, 9.17) is 9.47 Å². The highest BCUT2D eigenvalue weighted by molar-refractivity contribution is 9.10. The molecule has 1 fully saturated rings. The van der Waals surface area contributed by atoms with E-state index in [2.05, 4.69) is 28.2 Å². The van der Waals surface area contributed by atoms with Crippen molar-refractivity contribution < 1.29 is 9.47 Å². The van der Waals surface area contributed by atoms with Gasteiger partial charge < -0.3 is 14.8 Å². The second-order valence-electron chi connectivity index (χ2n) is 4.66. The first-order valence-electron chi connectivity index (χ1n) is 6.30. The monoisotopic (exact) mass is 313 g/mol. The maximum atomic E-state index is 5.59. The summed E-state index contributed by atoms with van der Waals surface area (Å²) in [6.45, 7) is 4.29. The first-order valence-corrected chi connectivity index (χ1v) is 7.10. The van der Waals surface area contributed by atoms with Gasteiger partial charge in [0.05, 0.1) is 14.2 Å².